The minimum absolute atomic E-state index is 0. The molecule has 15 atom stereocenters. The molecule has 29 heteroatoms. The van der Waals surface area contributed by atoms with Gasteiger partial charge < -0.3 is 73.6 Å². The third kappa shape index (κ3) is 38.4. The van der Waals surface area contributed by atoms with Gasteiger partial charge in [-0.2, -0.15) is 0 Å². The topological polar surface area (TPSA) is 321 Å². The summed E-state index contributed by atoms with van der Waals surface area (Å²) in [5.74, 6) is 1.78. The molecule has 0 spiro atoms. The predicted molar refractivity (Wildman–Crippen MR) is 578 cm³/mol. The van der Waals surface area contributed by atoms with Crippen molar-refractivity contribution in [1.82, 2.24) is 78.2 Å². The first-order chi connectivity index (χ1) is 70.8. The maximum atomic E-state index is 11.9. The molecule has 11 aromatic rings. The van der Waals surface area contributed by atoms with Crippen molar-refractivity contribution in [3.05, 3.63) is 338 Å². The molecule has 0 saturated carbocycles. The Morgan fingerprint density at radius 1 is 0.370 bits per heavy atom. The zero-order valence-corrected chi connectivity index (χ0v) is 87.8. The number of amides is 2. The number of imidazole rings is 4. The third-order valence-corrected chi connectivity index (χ3v) is 28.8. The van der Waals surface area contributed by atoms with Crippen molar-refractivity contribution < 1.29 is 60.8 Å². The molecular weight excluding hydrogens is 1840 g/mol. The van der Waals surface area contributed by atoms with E-state index in [0.29, 0.717) is 62.3 Å². The highest BCUT2D eigenvalue weighted by Gasteiger charge is 2.40. The van der Waals surface area contributed by atoms with Crippen LogP contribution in [0.1, 0.15) is 190 Å². The van der Waals surface area contributed by atoms with E-state index in [2.05, 4.69) is 246 Å². The standard InChI is InChI=1S/2C16H21N3.2C14H17NO3.2C13H19NO.2C8H13N3.C8H11N.C7H10O4.2H2/c2*1-14(16-5-3-2-4-6-16)19-9-7-15(12-19)11-18-10-8-17-13-18;2*1-10(11-6-4-3-5-7-11)15-9-12(8-13(15)16)14(17)18-2;2*1-11(13-5-3-2-4-6-13)14-8-7-12(9-14)10-15;2*1-2-9-5-8(1)6-11-4-3-10-7-11;1-7(9)8-5-3-2-4-6-8;1-5(7(9)11-3)4-6(8)10-2;;/h2*2-6,8,10,13-15H,7,9,11-12H2,1H3;2*3-7,10,12H,8-9H2,1-2H3;2*2-6,11-12,15H,7-10H2,1H3;2*3-4,7-9H,1-2,5-6H2;2-7H,9H2,1H3;1,4H2,2-3H3;2*1H/t14-,15?;14-,15+;10-,12?;10-,12-;11-,12?;11-,12-;8-;;7-;;;/m1111111.1.../s1. The van der Waals surface area contributed by atoms with Crippen LogP contribution in [0.2, 0.25) is 0 Å². The summed E-state index contributed by atoms with van der Waals surface area (Å²) >= 11 is 0. The zero-order chi connectivity index (χ0) is 104. The van der Waals surface area contributed by atoms with Gasteiger partial charge in [0.15, 0.2) is 0 Å². The summed E-state index contributed by atoms with van der Waals surface area (Å²) < 4.78 is 26.7. The highest BCUT2D eigenvalue weighted by Crippen LogP contribution is 2.35. The van der Waals surface area contributed by atoms with Crippen LogP contribution in [-0.4, -0.2) is 247 Å². The van der Waals surface area contributed by atoms with Gasteiger partial charge in [-0.15, -0.1) is 0 Å². The molecule has 146 heavy (non-hydrogen) atoms. The number of aliphatic hydroxyl groups is 2. The molecule has 8 fully saturated rings. The Kier molecular flexibility index (Phi) is 50.0. The van der Waals surface area contributed by atoms with E-state index in [4.69, 9.17) is 25.4 Å². The van der Waals surface area contributed by atoms with Crippen LogP contribution in [0.3, 0.4) is 0 Å². The Morgan fingerprint density at radius 3 is 0.863 bits per heavy atom. The molecule has 12 heterocycles. The number of hydrogen-bond acceptors (Lipinski definition) is 23. The number of benzene rings is 7. The molecule has 4 aromatic heterocycles. The largest absolute Gasteiger partial charge is 0.469 e. The van der Waals surface area contributed by atoms with Gasteiger partial charge in [0.25, 0.3) is 0 Å². The second-order valence-electron chi connectivity index (χ2n) is 39.2. The third-order valence-electron chi connectivity index (χ3n) is 28.8. The quantitative estimate of drug-likeness (QED) is 0.0173. The zero-order valence-electron chi connectivity index (χ0n) is 87.8. The Morgan fingerprint density at radius 2 is 0.637 bits per heavy atom. The smallest absolute Gasteiger partial charge is 0.333 e. The van der Waals surface area contributed by atoms with Crippen LogP contribution in [0.15, 0.2) is 299 Å². The summed E-state index contributed by atoms with van der Waals surface area (Å²) in [5, 5.41) is 24.9. The average Bonchev–Trinajstić information content (AvgIpc) is 1.68. The van der Waals surface area contributed by atoms with Crippen molar-refractivity contribution in [3.63, 3.8) is 0 Å². The van der Waals surface area contributed by atoms with Crippen LogP contribution in [-0.2, 0) is 73.9 Å². The average molecular weight is 2000 g/mol. The van der Waals surface area contributed by atoms with Gasteiger partial charge in [0.1, 0.15) is 0 Å². The highest BCUT2D eigenvalue weighted by atomic mass is 16.5. The molecule has 790 valence electrons. The summed E-state index contributed by atoms with van der Waals surface area (Å²) in [6.07, 6.45) is 31.0. The number of rotatable bonds is 28. The number of nitrogens with two attached hydrogens (primary N) is 1. The SMILES string of the molecule is C=C(CC(=O)OC)C(=O)OC.COC(=O)C1CC(=O)N([C@H](C)c2ccccc2)C1.COC(=O)[C@@H]1CC(=O)N([C@H](C)c2ccccc2)C1.C[C@@H](N)c1ccccc1.C[C@H](c1ccccc1)N1CCC(CO)C1.C[C@H](c1ccccc1)N1CCC(Cn2ccnc2)C1.C[C@H](c1ccccc1)N1CC[C@@H](CO)C1.C[C@H](c1ccccc1)N1CC[C@@H](Cn2ccnc2)C1.[HH].[HH].c1cn(CC2CCNC2)cn1.c1cn(C[C@@H]2CCNC2)cn1. The molecule has 8 saturated heterocycles. The van der Waals surface area contributed by atoms with E-state index in [1.54, 1.807) is 9.80 Å². The molecular formula is C117H165N17O12. The lowest BCUT2D eigenvalue weighted by Crippen LogP contribution is -2.29. The van der Waals surface area contributed by atoms with Crippen molar-refractivity contribution in [2.75, 3.05) is 133 Å². The Bertz CT molecular complexity index is 5150. The molecule has 7 aromatic carbocycles. The molecule has 6 N–H and O–H groups in total. The summed E-state index contributed by atoms with van der Waals surface area (Å²) in [6.45, 7) is 38.1. The number of carbonyl (C=O) groups is 6. The van der Waals surface area contributed by atoms with Gasteiger partial charge in [-0.1, -0.05) is 219 Å². The summed E-state index contributed by atoms with van der Waals surface area (Å²) in [5.41, 5.74) is 14.6. The number of aliphatic hydroxyl groups excluding tert-OH is 2. The van der Waals surface area contributed by atoms with Crippen molar-refractivity contribution in [2.45, 2.75) is 175 Å². The van der Waals surface area contributed by atoms with E-state index >= 15 is 0 Å². The molecule has 8 aliphatic rings. The summed E-state index contributed by atoms with van der Waals surface area (Å²) in [4.78, 5) is 97.8. The van der Waals surface area contributed by atoms with Gasteiger partial charge in [0.05, 0.1) is 84.1 Å². The first-order valence-corrected chi connectivity index (χ1v) is 52.0. The van der Waals surface area contributed by atoms with Crippen LogP contribution < -0.4 is 16.4 Å². The Labute approximate surface area is 869 Å². The molecule has 0 radical (unpaired) electrons. The van der Waals surface area contributed by atoms with Gasteiger partial charge in [-0.25, -0.2) is 24.7 Å². The number of ether oxygens (including phenoxy) is 4. The number of likely N-dealkylation sites (tertiary alicyclic amines) is 6. The van der Waals surface area contributed by atoms with Crippen LogP contribution in [0, 0.1) is 47.3 Å². The number of methoxy groups -OCH3 is 4. The lowest BCUT2D eigenvalue weighted by atomic mass is 10.1. The second-order valence-corrected chi connectivity index (χ2v) is 39.2. The Hall–Kier alpha value is -12.4. The van der Waals surface area contributed by atoms with Crippen LogP contribution in [0.4, 0.5) is 0 Å². The van der Waals surface area contributed by atoms with Crippen LogP contribution in [0.25, 0.3) is 0 Å². The van der Waals surface area contributed by atoms with Crippen LogP contribution >= 0.6 is 0 Å². The summed E-state index contributed by atoms with van der Waals surface area (Å²) in [6, 6.07) is 74.6. The van der Waals surface area contributed by atoms with Gasteiger partial charge >= 0.3 is 23.9 Å². The number of nitrogens with zero attached hydrogens (tertiary/aromatic N) is 14. The van der Waals surface area contributed by atoms with Crippen LogP contribution in [0.5, 0.6) is 0 Å². The molecule has 19 rings (SSSR count). The number of hydrogen-bond donors (Lipinski definition) is 5. The van der Waals surface area contributed by atoms with E-state index in [1.807, 2.05) is 174 Å². The number of esters is 4. The fourth-order valence-electron chi connectivity index (χ4n) is 19.6. The minimum Gasteiger partial charge on any atom is -0.469 e. The van der Waals surface area contributed by atoms with E-state index in [0.717, 1.165) is 113 Å². The maximum Gasteiger partial charge on any atom is 0.333 e. The van der Waals surface area contributed by atoms with Gasteiger partial charge in [0.2, 0.25) is 11.8 Å². The molecule has 2 amide bonds. The van der Waals surface area contributed by atoms with E-state index in [9.17, 15) is 28.8 Å². The molecule has 0 aliphatic carbocycles. The van der Waals surface area contributed by atoms with Crippen molar-refractivity contribution >= 4 is 35.7 Å². The number of aromatic nitrogens is 8. The van der Waals surface area contributed by atoms with E-state index < -0.39 is 11.9 Å². The lowest BCUT2D eigenvalue weighted by Gasteiger charge is -2.25. The second kappa shape index (κ2) is 63.2. The van der Waals surface area contributed by atoms with Gasteiger partial charge in [0, 0.05) is 180 Å². The molecule has 29 nitrogen and oxygen atoms in total. The van der Waals surface area contributed by atoms with E-state index in [1.165, 1.54) is 121 Å². The molecule has 0 bridgehead atoms. The monoisotopic (exact) mass is 2000 g/mol. The van der Waals surface area contributed by atoms with E-state index in [-0.39, 0.29) is 81.4 Å². The maximum absolute atomic E-state index is 11.9. The highest BCUT2D eigenvalue weighted by molar-refractivity contribution is 5.93. The number of nitrogens with one attached hydrogen (secondary N) is 2. The molecule has 4 unspecified atom stereocenters. The fraction of sp³-hybridized carbons (Fsp3) is 0.470. The predicted octanol–water partition coefficient (Wildman–Crippen LogP) is 17.1. The lowest BCUT2D eigenvalue weighted by molar-refractivity contribution is -0.146. The number of carbonyl (C=O) groups excluding carboxylic acids is 6. The van der Waals surface area contributed by atoms with Crippen molar-refractivity contribution in [2.24, 2.45) is 53.1 Å². The fourth-order valence-corrected chi connectivity index (χ4v) is 19.6. The first-order valence-electron chi connectivity index (χ1n) is 52.0. The summed E-state index contributed by atoms with van der Waals surface area (Å²) in [7, 11) is 5.18. The van der Waals surface area contributed by atoms with Gasteiger partial charge in [-0.3, -0.25) is 43.6 Å². The molecule has 8 aliphatic heterocycles. The first kappa shape index (κ1) is 115. The normalized spacial score (nSPS) is 20.9. The minimum atomic E-state index is -0.588. The Balaban J connectivity index is 0.000000202. The van der Waals surface area contributed by atoms with Gasteiger partial charge in [-0.05, 0) is 214 Å². The van der Waals surface area contributed by atoms with Crippen molar-refractivity contribution in [3.8, 4) is 0 Å². The van der Waals surface area contributed by atoms with Crippen molar-refractivity contribution in [1.29, 1.82) is 0 Å².